The fourth-order valence-corrected chi connectivity index (χ4v) is 1.85. The summed E-state index contributed by atoms with van der Waals surface area (Å²) in [6.45, 7) is 3.74. The Bertz CT molecular complexity index is 596. The van der Waals surface area contributed by atoms with Crippen LogP contribution in [-0.4, -0.2) is 9.97 Å². The molecular weight excluding hydrogens is 267 g/mol. The average Bonchev–Trinajstić information content (AvgIpc) is 2.33. The molecule has 0 aliphatic rings. The van der Waals surface area contributed by atoms with Gasteiger partial charge in [-0.1, -0.05) is 18.5 Å². The lowest BCUT2D eigenvalue weighted by Gasteiger charge is -2.12. The Hall–Kier alpha value is -1.88. The van der Waals surface area contributed by atoms with Crippen molar-refractivity contribution in [3.63, 3.8) is 0 Å². The molecule has 2 aromatic rings. The zero-order valence-corrected chi connectivity index (χ0v) is 11.4. The molecule has 0 bridgehead atoms. The van der Waals surface area contributed by atoms with Crippen LogP contribution in [0.25, 0.3) is 0 Å². The van der Waals surface area contributed by atoms with Gasteiger partial charge in [0.1, 0.15) is 23.3 Å². The molecule has 0 saturated carbocycles. The second-order valence-electron chi connectivity index (χ2n) is 4.14. The number of halogens is 2. The maximum atomic E-state index is 13.3. The van der Waals surface area contributed by atoms with Crippen LogP contribution in [0.2, 0.25) is 5.02 Å². The first-order chi connectivity index (χ1) is 8.99. The van der Waals surface area contributed by atoms with Crippen LogP contribution < -0.4 is 11.1 Å². The van der Waals surface area contributed by atoms with E-state index in [0.717, 1.165) is 5.56 Å². The van der Waals surface area contributed by atoms with Crippen LogP contribution in [0.3, 0.4) is 0 Å². The molecule has 2 rings (SSSR count). The molecule has 19 heavy (non-hydrogen) atoms. The van der Waals surface area contributed by atoms with Crippen molar-refractivity contribution in [2.75, 3.05) is 11.1 Å². The smallest absolute Gasteiger partial charge is 0.139 e. The number of aromatic nitrogens is 2. The Morgan fingerprint density at radius 3 is 2.68 bits per heavy atom. The van der Waals surface area contributed by atoms with E-state index in [1.807, 2.05) is 6.92 Å². The molecule has 1 heterocycles. The monoisotopic (exact) mass is 280 g/mol. The van der Waals surface area contributed by atoms with Crippen LogP contribution in [0, 0.1) is 12.7 Å². The number of hydrogen-bond donors (Lipinski definition) is 2. The zero-order valence-electron chi connectivity index (χ0n) is 10.7. The number of benzene rings is 1. The van der Waals surface area contributed by atoms with Crippen LogP contribution in [0.1, 0.15) is 18.3 Å². The van der Waals surface area contributed by atoms with Crippen molar-refractivity contribution < 1.29 is 4.39 Å². The third-order valence-electron chi connectivity index (χ3n) is 2.67. The molecule has 0 aliphatic heterocycles. The van der Waals surface area contributed by atoms with Crippen molar-refractivity contribution in [2.45, 2.75) is 20.3 Å². The van der Waals surface area contributed by atoms with E-state index in [0.29, 0.717) is 34.6 Å². The highest BCUT2D eigenvalue weighted by Gasteiger charge is 2.09. The van der Waals surface area contributed by atoms with Crippen LogP contribution in [0.4, 0.5) is 21.7 Å². The van der Waals surface area contributed by atoms with Gasteiger partial charge in [0.25, 0.3) is 0 Å². The SMILES string of the molecule is CCc1nc(N)c(C)c(Nc2cc(F)cc(Cl)c2)n1. The topological polar surface area (TPSA) is 63.8 Å². The molecule has 1 aromatic heterocycles. The Balaban J connectivity index is 2.39. The van der Waals surface area contributed by atoms with Gasteiger partial charge in [0.05, 0.1) is 0 Å². The molecule has 100 valence electrons. The summed E-state index contributed by atoms with van der Waals surface area (Å²) in [4.78, 5) is 8.49. The highest BCUT2D eigenvalue weighted by atomic mass is 35.5. The van der Waals surface area contributed by atoms with Crippen LogP contribution >= 0.6 is 11.6 Å². The lowest BCUT2D eigenvalue weighted by atomic mass is 10.2. The minimum Gasteiger partial charge on any atom is -0.383 e. The molecule has 4 nitrogen and oxygen atoms in total. The van der Waals surface area contributed by atoms with E-state index in [9.17, 15) is 4.39 Å². The molecule has 0 aliphatic carbocycles. The van der Waals surface area contributed by atoms with Gasteiger partial charge in [-0.2, -0.15) is 0 Å². The van der Waals surface area contributed by atoms with Crippen molar-refractivity contribution in [1.29, 1.82) is 0 Å². The van der Waals surface area contributed by atoms with Gasteiger partial charge in [-0.25, -0.2) is 14.4 Å². The van der Waals surface area contributed by atoms with Crippen LogP contribution in [0.15, 0.2) is 18.2 Å². The van der Waals surface area contributed by atoms with Crippen molar-refractivity contribution in [2.24, 2.45) is 0 Å². The fourth-order valence-electron chi connectivity index (χ4n) is 1.62. The number of aryl methyl sites for hydroxylation is 1. The minimum absolute atomic E-state index is 0.317. The van der Waals surface area contributed by atoms with E-state index in [-0.39, 0.29) is 0 Å². The normalized spacial score (nSPS) is 10.5. The van der Waals surface area contributed by atoms with E-state index in [1.165, 1.54) is 12.1 Å². The minimum atomic E-state index is -0.412. The van der Waals surface area contributed by atoms with E-state index in [1.54, 1.807) is 13.0 Å². The molecule has 1 aromatic carbocycles. The number of nitrogens with one attached hydrogen (secondary N) is 1. The lowest BCUT2D eigenvalue weighted by Crippen LogP contribution is -2.06. The molecule has 0 fully saturated rings. The molecule has 0 atom stereocenters. The standard InChI is InChI=1S/C13H14ClFN4/c1-3-11-18-12(16)7(2)13(19-11)17-10-5-8(14)4-9(15)6-10/h4-6H,3H2,1-2H3,(H3,16,17,18,19). The summed E-state index contributed by atoms with van der Waals surface area (Å²) in [7, 11) is 0. The molecule has 3 N–H and O–H groups in total. The largest absolute Gasteiger partial charge is 0.383 e. The van der Waals surface area contributed by atoms with Crippen molar-refractivity contribution in [3.8, 4) is 0 Å². The van der Waals surface area contributed by atoms with Crippen molar-refractivity contribution >= 4 is 28.9 Å². The number of nitrogen functional groups attached to an aromatic ring is 1. The van der Waals surface area contributed by atoms with Crippen LogP contribution in [0.5, 0.6) is 0 Å². The Labute approximate surface area is 115 Å². The number of anilines is 3. The number of nitrogens with zero attached hydrogens (tertiary/aromatic N) is 2. The summed E-state index contributed by atoms with van der Waals surface area (Å²) in [6.07, 6.45) is 0.670. The maximum absolute atomic E-state index is 13.3. The average molecular weight is 281 g/mol. The molecule has 0 amide bonds. The Morgan fingerprint density at radius 1 is 1.32 bits per heavy atom. The first-order valence-electron chi connectivity index (χ1n) is 5.85. The molecule has 6 heteroatoms. The second kappa shape index (κ2) is 5.40. The number of nitrogens with two attached hydrogens (primary N) is 1. The van der Waals surface area contributed by atoms with Gasteiger partial charge in [0, 0.05) is 22.7 Å². The van der Waals surface area contributed by atoms with E-state index >= 15 is 0 Å². The second-order valence-corrected chi connectivity index (χ2v) is 4.57. The lowest BCUT2D eigenvalue weighted by molar-refractivity contribution is 0.628. The quantitative estimate of drug-likeness (QED) is 0.904. The summed E-state index contributed by atoms with van der Waals surface area (Å²) in [5, 5.41) is 3.33. The Morgan fingerprint density at radius 2 is 2.05 bits per heavy atom. The third kappa shape index (κ3) is 3.12. The molecule has 0 radical (unpaired) electrons. The fraction of sp³-hybridized carbons (Fsp3) is 0.231. The van der Waals surface area contributed by atoms with Gasteiger partial charge in [-0.15, -0.1) is 0 Å². The number of hydrogen-bond acceptors (Lipinski definition) is 4. The summed E-state index contributed by atoms with van der Waals surface area (Å²) in [5.74, 6) is 1.20. The van der Waals surface area contributed by atoms with Gasteiger partial charge in [0.2, 0.25) is 0 Å². The van der Waals surface area contributed by atoms with Gasteiger partial charge in [-0.3, -0.25) is 0 Å². The predicted octanol–water partition coefficient (Wildman–Crippen LogP) is 3.47. The predicted molar refractivity (Wildman–Crippen MR) is 75.3 cm³/mol. The first-order valence-corrected chi connectivity index (χ1v) is 6.23. The van der Waals surface area contributed by atoms with Crippen molar-refractivity contribution in [1.82, 2.24) is 9.97 Å². The number of rotatable bonds is 3. The van der Waals surface area contributed by atoms with E-state index in [2.05, 4.69) is 15.3 Å². The van der Waals surface area contributed by atoms with E-state index in [4.69, 9.17) is 17.3 Å². The summed E-state index contributed by atoms with van der Waals surface area (Å²) < 4.78 is 13.3. The molecule has 0 unspecified atom stereocenters. The summed E-state index contributed by atoms with van der Waals surface area (Å²) in [5.41, 5.74) is 7.06. The van der Waals surface area contributed by atoms with Gasteiger partial charge >= 0.3 is 0 Å². The van der Waals surface area contributed by atoms with E-state index < -0.39 is 5.82 Å². The third-order valence-corrected chi connectivity index (χ3v) is 2.89. The van der Waals surface area contributed by atoms with Crippen LogP contribution in [-0.2, 0) is 6.42 Å². The first kappa shape index (κ1) is 13.5. The van der Waals surface area contributed by atoms with Crippen molar-refractivity contribution in [3.05, 3.63) is 40.4 Å². The zero-order chi connectivity index (χ0) is 14.0. The highest BCUT2D eigenvalue weighted by molar-refractivity contribution is 6.30. The van der Waals surface area contributed by atoms with Gasteiger partial charge in [-0.05, 0) is 25.1 Å². The molecule has 0 spiro atoms. The highest BCUT2D eigenvalue weighted by Crippen LogP contribution is 2.24. The summed E-state index contributed by atoms with van der Waals surface area (Å²) in [6, 6.07) is 4.20. The maximum Gasteiger partial charge on any atom is 0.139 e. The molecule has 0 saturated heterocycles. The Kier molecular flexibility index (Phi) is 3.85. The summed E-state index contributed by atoms with van der Waals surface area (Å²) >= 11 is 5.81. The molecular formula is C13H14ClFN4. The van der Waals surface area contributed by atoms with Gasteiger partial charge in [0.15, 0.2) is 0 Å². The van der Waals surface area contributed by atoms with Gasteiger partial charge < -0.3 is 11.1 Å².